The molecular formula is C9H11ClFNO4S. The van der Waals surface area contributed by atoms with E-state index in [1.807, 2.05) is 4.72 Å². The van der Waals surface area contributed by atoms with Crippen molar-refractivity contribution in [2.75, 3.05) is 13.2 Å². The minimum atomic E-state index is -4.17. The first-order valence-corrected chi connectivity index (χ1v) is 6.46. The maximum absolute atomic E-state index is 13.5. The molecular weight excluding hydrogens is 273 g/mol. The van der Waals surface area contributed by atoms with E-state index in [0.717, 1.165) is 6.07 Å². The van der Waals surface area contributed by atoms with Gasteiger partial charge in [0.1, 0.15) is 4.90 Å². The largest absolute Gasteiger partial charge is 0.395 e. The van der Waals surface area contributed by atoms with Crippen LogP contribution < -0.4 is 4.72 Å². The Labute approximate surface area is 103 Å². The lowest BCUT2D eigenvalue weighted by Gasteiger charge is -2.14. The van der Waals surface area contributed by atoms with Crippen molar-refractivity contribution in [3.05, 3.63) is 29.0 Å². The van der Waals surface area contributed by atoms with Gasteiger partial charge in [0.25, 0.3) is 0 Å². The van der Waals surface area contributed by atoms with E-state index in [0.29, 0.717) is 0 Å². The summed E-state index contributed by atoms with van der Waals surface area (Å²) in [6.45, 7) is -1.20. The fourth-order valence-corrected chi connectivity index (χ4v) is 2.66. The number of aliphatic hydroxyl groups excluding tert-OH is 2. The summed E-state index contributed by atoms with van der Waals surface area (Å²) in [5.41, 5.74) is 0. The third-order valence-corrected chi connectivity index (χ3v) is 3.80. The number of nitrogens with one attached hydrogen (secondary N) is 1. The molecule has 96 valence electrons. The van der Waals surface area contributed by atoms with Crippen LogP contribution >= 0.6 is 11.6 Å². The summed E-state index contributed by atoms with van der Waals surface area (Å²) >= 11 is 5.46. The van der Waals surface area contributed by atoms with Gasteiger partial charge in [-0.15, -0.1) is 0 Å². The van der Waals surface area contributed by atoms with Crippen LogP contribution in [0.15, 0.2) is 23.1 Å². The molecule has 0 unspecified atom stereocenters. The molecule has 0 heterocycles. The first-order valence-electron chi connectivity index (χ1n) is 4.60. The van der Waals surface area contributed by atoms with Gasteiger partial charge in [-0.05, 0) is 12.1 Å². The Balaban J connectivity index is 3.09. The molecule has 0 amide bonds. The Bertz CT molecular complexity index is 490. The van der Waals surface area contributed by atoms with Crippen LogP contribution in [-0.4, -0.2) is 37.9 Å². The van der Waals surface area contributed by atoms with Crippen LogP contribution in [0.2, 0.25) is 5.02 Å². The fourth-order valence-electron chi connectivity index (χ4n) is 1.11. The van der Waals surface area contributed by atoms with Crippen LogP contribution in [0.4, 0.5) is 4.39 Å². The van der Waals surface area contributed by atoms with Gasteiger partial charge in [-0.3, -0.25) is 0 Å². The molecule has 1 rings (SSSR count). The Morgan fingerprint density at radius 2 is 1.94 bits per heavy atom. The van der Waals surface area contributed by atoms with Crippen molar-refractivity contribution in [1.29, 1.82) is 0 Å². The summed E-state index contributed by atoms with van der Waals surface area (Å²) < 4.78 is 38.8. The zero-order chi connectivity index (χ0) is 13.1. The van der Waals surface area contributed by atoms with Gasteiger partial charge in [-0.25, -0.2) is 17.5 Å². The van der Waals surface area contributed by atoms with Crippen LogP contribution in [0.25, 0.3) is 0 Å². The van der Waals surface area contributed by atoms with Crippen molar-refractivity contribution in [3.63, 3.8) is 0 Å². The van der Waals surface area contributed by atoms with Gasteiger partial charge in [-0.2, -0.15) is 0 Å². The van der Waals surface area contributed by atoms with Crippen molar-refractivity contribution < 1.29 is 23.0 Å². The second-order valence-corrected chi connectivity index (χ2v) is 5.32. The van der Waals surface area contributed by atoms with Crippen LogP contribution in [0, 0.1) is 5.82 Å². The fraction of sp³-hybridized carbons (Fsp3) is 0.333. The highest BCUT2D eigenvalue weighted by atomic mass is 35.5. The maximum Gasteiger partial charge on any atom is 0.243 e. The molecule has 0 aromatic heterocycles. The topological polar surface area (TPSA) is 86.6 Å². The molecule has 0 spiro atoms. The molecule has 0 bridgehead atoms. The van der Waals surface area contributed by atoms with Gasteiger partial charge < -0.3 is 10.2 Å². The number of rotatable bonds is 5. The Hall–Kier alpha value is -0.730. The van der Waals surface area contributed by atoms with Crippen molar-refractivity contribution >= 4 is 21.6 Å². The van der Waals surface area contributed by atoms with E-state index < -0.39 is 40.0 Å². The van der Waals surface area contributed by atoms with Gasteiger partial charge in [0.15, 0.2) is 5.82 Å². The van der Waals surface area contributed by atoms with E-state index in [4.69, 9.17) is 21.8 Å². The first kappa shape index (κ1) is 14.3. The first-order chi connectivity index (χ1) is 7.92. The molecule has 0 radical (unpaired) electrons. The van der Waals surface area contributed by atoms with Crippen molar-refractivity contribution in [3.8, 4) is 0 Å². The predicted molar refractivity (Wildman–Crippen MR) is 59.7 cm³/mol. The highest BCUT2D eigenvalue weighted by molar-refractivity contribution is 7.89. The standard InChI is InChI=1S/C9H11ClFNO4S/c10-7-2-1-3-8(9(7)11)17(15,16)12-6(4-13)5-14/h1-3,6,12-14H,4-5H2. The van der Waals surface area contributed by atoms with Crippen molar-refractivity contribution in [1.82, 2.24) is 4.72 Å². The molecule has 5 nitrogen and oxygen atoms in total. The molecule has 0 aliphatic rings. The van der Waals surface area contributed by atoms with E-state index in [9.17, 15) is 12.8 Å². The molecule has 0 atom stereocenters. The predicted octanol–water partition coefficient (Wildman–Crippen LogP) is 0.111. The summed E-state index contributed by atoms with van der Waals surface area (Å²) in [7, 11) is -4.17. The van der Waals surface area contributed by atoms with Gasteiger partial charge in [0.2, 0.25) is 10.0 Å². The Morgan fingerprint density at radius 3 is 2.47 bits per heavy atom. The van der Waals surface area contributed by atoms with Crippen LogP contribution in [0.5, 0.6) is 0 Å². The summed E-state index contributed by atoms with van der Waals surface area (Å²) in [6.07, 6.45) is 0. The zero-order valence-electron chi connectivity index (χ0n) is 8.60. The van der Waals surface area contributed by atoms with Crippen LogP contribution in [-0.2, 0) is 10.0 Å². The lowest BCUT2D eigenvalue weighted by molar-refractivity contribution is 0.185. The lowest BCUT2D eigenvalue weighted by atomic mass is 10.3. The van der Waals surface area contributed by atoms with Gasteiger partial charge in [0, 0.05) is 0 Å². The van der Waals surface area contributed by atoms with E-state index in [-0.39, 0.29) is 5.02 Å². The molecule has 0 saturated carbocycles. The maximum atomic E-state index is 13.5. The molecule has 8 heteroatoms. The summed E-state index contributed by atoms with van der Waals surface area (Å²) in [5, 5.41) is 17.2. The van der Waals surface area contributed by atoms with E-state index in [1.165, 1.54) is 12.1 Å². The number of sulfonamides is 1. The van der Waals surface area contributed by atoms with E-state index in [2.05, 4.69) is 0 Å². The average Bonchev–Trinajstić information content (AvgIpc) is 2.29. The third kappa shape index (κ3) is 3.36. The summed E-state index contributed by atoms with van der Waals surface area (Å²) in [5.74, 6) is -1.07. The lowest BCUT2D eigenvalue weighted by Crippen LogP contribution is -2.40. The van der Waals surface area contributed by atoms with Crippen LogP contribution in [0.3, 0.4) is 0 Å². The minimum absolute atomic E-state index is 0.322. The molecule has 0 aliphatic carbocycles. The van der Waals surface area contributed by atoms with E-state index in [1.54, 1.807) is 0 Å². The summed E-state index contributed by atoms with van der Waals surface area (Å²) in [6, 6.07) is 2.45. The average molecular weight is 284 g/mol. The van der Waals surface area contributed by atoms with Gasteiger partial charge in [0.05, 0.1) is 24.3 Å². The molecule has 3 N–H and O–H groups in total. The molecule has 1 aromatic rings. The number of benzene rings is 1. The quantitative estimate of drug-likeness (QED) is 0.716. The highest BCUT2D eigenvalue weighted by Crippen LogP contribution is 2.21. The molecule has 0 fully saturated rings. The molecule has 17 heavy (non-hydrogen) atoms. The second kappa shape index (κ2) is 5.74. The molecule has 0 aliphatic heterocycles. The van der Waals surface area contributed by atoms with Crippen LogP contribution in [0.1, 0.15) is 0 Å². The number of hydrogen-bond donors (Lipinski definition) is 3. The minimum Gasteiger partial charge on any atom is -0.395 e. The SMILES string of the molecule is O=S(=O)(NC(CO)CO)c1cccc(Cl)c1F. The zero-order valence-corrected chi connectivity index (χ0v) is 10.2. The van der Waals surface area contributed by atoms with Gasteiger partial charge >= 0.3 is 0 Å². The molecule has 1 aromatic carbocycles. The van der Waals surface area contributed by atoms with Gasteiger partial charge in [-0.1, -0.05) is 17.7 Å². The summed E-state index contributed by atoms with van der Waals surface area (Å²) in [4.78, 5) is -0.628. The van der Waals surface area contributed by atoms with Crippen molar-refractivity contribution in [2.24, 2.45) is 0 Å². The Kier molecular flexibility index (Phi) is 4.84. The smallest absolute Gasteiger partial charge is 0.243 e. The monoisotopic (exact) mass is 283 g/mol. The Morgan fingerprint density at radius 1 is 1.35 bits per heavy atom. The second-order valence-electron chi connectivity index (χ2n) is 3.24. The number of halogens is 2. The van der Waals surface area contributed by atoms with Crippen molar-refractivity contribution in [2.45, 2.75) is 10.9 Å². The number of hydrogen-bond acceptors (Lipinski definition) is 4. The normalized spacial score (nSPS) is 12.1. The van der Waals surface area contributed by atoms with E-state index >= 15 is 0 Å². The third-order valence-electron chi connectivity index (χ3n) is 1.97. The highest BCUT2D eigenvalue weighted by Gasteiger charge is 2.23. The molecule has 0 saturated heterocycles. The number of aliphatic hydroxyl groups is 2.